The van der Waals surface area contributed by atoms with E-state index < -0.39 is 29.9 Å². The largest absolute Gasteiger partial charge is 0.464 e. The molecule has 4 N–H and O–H groups in total. The van der Waals surface area contributed by atoms with E-state index in [2.05, 4.69) is 10.6 Å². The summed E-state index contributed by atoms with van der Waals surface area (Å²) in [5.74, 6) is -1.36. The third-order valence-electron chi connectivity index (χ3n) is 4.99. The van der Waals surface area contributed by atoms with Crippen LogP contribution in [0.3, 0.4) is 0 Å². The summed E-state index contributed by atoms with van der Waals surface area (Å²) < 4.78 is 5.29. The Kier molecular flexibility index (Phi) is 11.0. The molecule has 2 amide bonds. The van der Waals surface area contributed by atoms with Gasteiger partial charge >= 0.3 is 5.97 Å². The van der Waals surface area contributed by atoms with Crippen molar-refractivity contribution in [2.24, 2.45) is 5.73 Å². The summed E-state index contributed by atoms with van der Waals surface area (Å²) >= 11 is 0. The van der Waals surface area contributed by atoms with Crippen LogP contribution < -0.4 is 16.4 Å². The number of benzene rings is 2. The van der Waals surface area contributed by atoms with Gasteiger partial charge in [-0.15, -0.1) is 0 Å². The van der Waals surface area contributed by atoms with Crippen molar-refractivity contribution in [3.05, 3.63) is 71.8 Å². The Morgan fingerprint density at radius 1 is 0.969 bits per heavy atom. The van der Waals surface area contributed by atoms with Crippen molar-refractivity contribution < 1.29 is 19.1 Å². The van der Waals surface area contributed by atoms with Crippen LogP contribution in [-0.2, 0) is 32.0 Å². The maximum Gasteiger partial charge on any atom is 0.328 e. The molecule has 0 aromatic heterocycles. The summed E-state index contributed by atoms with van der Waals surface area (Å²) in [6, 6.07) is 17.6. The molecule has 0 aliphatic rings. The molecule has 2 aromatic rings. The fourth-order valence-electron chi connectivity index (χ4n) is 3.10. The van der Waals surface area contributed by atoms with Gasteiger partial charge in [0.05, 0.1) is 19.2 Å². The van der Waals surface area contributed by atoms with E-state index in [1.165, 1.54) is 0 Å². The van der Waals surface area contributed by atoms with Gasteiger partial charge in [0.25, 0.3) is 0 Å². The Bertz CT molecular complexity index is 843. The van der Waals surface area contributed by atoms with Crippen molar-refractivity contribution in [3.8, 4) is 0 Å². The number of amides is 2. The molecule has 7 nitrogen and oxygen atoms in total. The van der Waals surface area contributed by atoms with E-state index in [4.69, 9.17) is 10.5 Å². The molecule has 2 rings (SSSR count). The summed E-state index contributed by atoms with van der Waals surface area (Å²) in [4.78, 5) is 37.1. The highest BCUT2D eigenvalue weighted by atomic mass is 16.5. The molecule has 2 aromatic carbocycles. The van der Waals surface area contributed by atoms with Crippen LogP contribution in [0.25, 0.3) is 0 Å². The van der Waals surface area contributed by atoms with Crippen molar-refractivity contribution in [1.29, 1.82) is 0 Å². The smallest absolute Gasteiger partial charge is 0.328 e. The molecule has 0 aliphatic carbocycles. The van der Waals surface area contributed by atoms with Gasteiger partial charge in [0.2, 0.25) is 11.8 Å². The zero-order chi connectivity index (χ0) is 23.2. The minimum atomic E-state index is -0.828. The number of rotatable bonds is 13. The van der Waals surface area contributed by atoms with Crippen LogP contribution in [0.4, 0.5) is 0 Å². The Morgan fingerprint density at radius 2 is 1.59 bits per heavy atom. The van der Waals surface area contributed by atoms with Crippen molar-refractivity contribution in [3.63, 3.8) is 0 Å². The maximum atomic E-state index is 12.5. The van der Waals surface area contributed by atoms with Crippen LogP contribution in [0.5, 0.6) is 0 Å². The first-order chi connectivity index (χ1) is 15.5. The van der Waals surface area contributed by atoms with Crippen molar-refractivity contribution in [1.82, 2.24) is 10.6 Å². The Hall–Kier alpha value is -3.19. The molecule has 172 valence electrons. The zero-order valence-electron chi connectivity index (χ0n) is 18.6. The van der Waals surface area contributed by atoms with E-state index >= 15 is 0 Å². The van der Waals surface area contributed by atoms with Crippen LogP contribution in [0, 0.1) is 0 Å². The minimum Gasteiger partial charge on any atom is -0.464 e. The molecular formula is C25H33N3O4. The molecule has 2 atom stereocenters. The number of carbonyl (C=O) groups excluding carboxylic acids is 3. The number of nitrogens with two attached hydrogens (primary N) is 1. The fourth-order valence-corrected chi connectivity index (χ4v) is 3.10. The van der Waals surface area contributed by atoms with Crippen molar-refractivity contribution in [2.75, 3.05) is 13.2 Å². The number of esters is 1. The number of carbonyl (C=O) groups is 3. The lowest BCUT2D eigenvalue weighted by Gasteiger charge is -2.18. The Balaban J connectivity index is 1.83. The molecule has 0 unspecified atom stereocenters. The lowest BCUT2D eigenvalue weighted by atomic mass is 10.1. The number of nitrogens with one attached hydrogen (secondary N) is 2. The number of aryl methyl sites for hydroxylation is 1. The summed E-state index contributed by atoms with van der Waals surface area (Å²) in [5.41, 5.74) is 7.95. The zero-order valence-corrected chi connectivity index (χ0v) is 18.6. The van der Waals surface area contributed by atoms with Gasteiger partial charge in [-0.25, -0.2) is 4.79 Å². The SMILES string of the molecule is CCCCOC(=O)[C@H](Cc1ccccc1)NC(=O)CNC(=O)[C@@H](N)CCc1ccccc1. The molecule has 0 saturated carbocycles. The number of hydrogen-bond donors (Lipinski definition) is 3. The molecule has 0 radical (unpaired) electrons. The predicted octanol–water partition coefficient (Wildman–Crippen LogP) is 2.13. The molecule has 0 aliphatic heterocycles. The molecule has 0 fully saturated rings. The van der Waals surface area contributed by atoms with Crippen LogP contribution in [0.1, 0.15) is 37.3 Å². The Labute approximate surface area is 189 Å². The first-order valence-corrected chi connectivity index (χ1v) is 11.1. The van der Waals surface area contributed by atoms with E-state index in [-0.39, 0.29) is 6.54 Å². The second kappa shape index (κ2) is 14.0. The minimum absolute atomic E-state index is 0.259. The highest BCUT2D eigenvalue weighted by Gasteiger charge is 2.23. The summed E-state index contributed by atoms with van der Waals surface area (Å²) in [5, 5.41) is 5.23. The molecule has 0 bridgehead atoms. The normalized spacial score (nSPS) is 12.4. The summed E-state index contributed by atoms with van der Waals surface area (Å²) in [6.45, 7) is 2.05. The Morgan fingerprint density at radius 3 is 2.22 bits per heavy atom. The first-order valence-electron chi connectivity index (χ1n) is 11.1. The quantitative estimate of drug-likeness (QED) is 0.327. The molecule has 7 heteroatoms. The van der Waals surface area contributed by atoms with Crippen LogP contribution in [0.15, 0.2) is 60.7 Å². The van der Waals surface area contributed by atoms with Gasteiger partial charge in [-0.2, -0.15) is 0 Å². The van der Waals surface area contributed by atoms with Gasteiger partial charge in [0.15, 0.2) is 0 Å². The summed E-state index contributed by atoms with van der Waals surface area (Å²) in [7, 11) is 0. The third-order valence-corrected chi connectivity index (χ3v) is 4.99. The van der Waals surface area contributed by atoms with Gasteiger partial charge in [-0.3, -0.25) is 9.59 Å². The van der Waals surface area contributed by atoms with Gasteiger partial charge in [0, 0.05) is 6.42 Å². The highest BCUT2D eigenvalue weighted by Crippen LogP contribution is 2.06. The fraction of sp³-hybridized carbons (Fsp3) is 0.400. The van der Waals surface area contributed by atoms with Gasteiger partial charge in [-0.1, -0.05) is 74.0 Å². The third kappa shape index (κ3) is 9.31. The standard InChI is InChI=1S/C25H33N3O4/c1-2-3-16-32-25(31)22(17-20-12-8-5-9-13-20)28-23(29)18-27-24(30)21(26)15-14-19-10-6-4-7-11-19/h4-13,21-22H,2-3,14-18,26H2,1H3,(H,27,30)(H,28,29)/t21-,22-/m0/s1. The topological polar surface area (TPSA) is 111 Å². The second-order valence-electron chi connectivity index (χ2n) is 7.68. The van der Waals surface area contributed by atoms with E-state index in [9.17, 15) is 14.4 Å². The average Bonchev–Trinajstić information content (AvgIpc) is 2.82. The van der Waals surface area contributed by atoms with Crippen molar-refractivity contribution in [2.45, 2.75) is 51.1 Å². The molecule has 32 heavy (non-hydrogen) atoms. The number of hydrogen-bond acceptors (Lipinski definition) is 5. The van der Waals surface area contributed by atoms with Crippen LogP contribution in [-0.4, -0.2) is 43.0 Å². The van der Waals surface area contributed by atoms with E-state index in [0.29, 0.717) is 25.9 Å². The molecule has 0 heterocycles. The number of ether oxygens (including phenoxy) is 1. The van der Waals surface area contributed by atoms with Crippen LogP contribution in [0.2, 0.25) is 0 Å². The predicted molar refractivity (Wildman–Crippen MR) is 124 cm³/mol. The van der Waals surface area contributed by atoms with Crippen molar-refractivity contribution >= 4 is 17.8 Å². The van der Waals surface area contributed by atoms with E-state index in [0.717, 1.165) is 24.0 Å². The average molecular weight is 440 g/mol. The van der Waals surface area contributed by atoms with Gasteiger partial charge in [-0.05, 0) is 30.4 Å². The van der Waals surface area contributed by atoms with Gasteiger partial charge < -0.3 is 21.1 Å². The van der Waals surface area contributed by atoms with Crippen LogP contribution >= 0.6 is 0 Å². The van der Waals surface area contributed by atoms with E-state index in [1.807, 2.05) is 67.6 Å². The molecule has 0 saturated heterocycles. The molecule has 0 spiro atoms. The monoisotopic (exact) mass is 439 g/mol. The van der Waals surface area contributed by atoms with Gasteiger partial charge in [0.1, 0.15) is 6.04 Å². The lowest BCUT2D eigenvalue weighted by Crippen LogP contribution is -2.49. The highest BCUT2D eigenvalue weighted by molar-refractivity contribution is 5.89. The lowest BCUT2D eigenvalue weighted by molar-refractivity contribution is -0.147. The first kappa shape index (κ1) is 25.1. The maximum absolute atomic E-state index is 12.5. The number of unbranched alkanes of at least 4 members (excludes halogenated alkanes) is 1. The summed E-state index contributed by atoms with van der Waals surface area (Å²) in [6.07, 6.45) is 3.11. The van der Waals surface area contributed by atoms with E-state index in [1.54, 1.807) is 0 Å². The molecular weight excluding hydrogens is 406 g/mol. The second-order valence-corrected chi connectivity index (χ2v) is 7.68.